The van der Waals surface area contributed by atoms with Gasteiger partial charge < -0.3 is 20.7 Å². The molecule has 28 heavy (non-hydrogen) atoms. The summed E-state index contributed by atoms with van der Waals surface area (Å²) in [6, 6.07) is 8.16. The van der Waals surface area contributed by atoms with Crippen LogP contribution in [0.25, 0.3) is 0 Å². The average Bonchev–Trinajstić information content (AvgIpc) is 2.70. The fourth-order valence-electron chi connectivity index (χ4n) is 2.52. The van der Waals surface area contributed by atoms with Crippen LogP contribution in [0.2, 0.25) is 0 Å². The largest absolute Gasteiger partial charge is 0.460 e. The van der Waals surface area contributed by atoms with Crippen molar-refractivity contribution in [3.63, 3.8) is 0 Å². The highest BCUT2D eigenvalue weighted by atomic mass is 16.5. The van der Waals surface area contributed by atoms with E-state index in [0.717, 1.165) is 18.4 Å². The third kappa shape index (κ3) is 11.2. The van der Waals surface area contributed by atoms with E-state index in [4.69, 9.17) is 4.74 Å². The fraction of sp³-hybridized carbons (Fsp3) is 0.571. The number of hydrogen-bond donors (Lipinski definition) is 3. The molecule has 3 amide bonds. The van der Waals surface area contributed by atoms with Crippen molar-refractivity contribution in [1.82, 2.24) is 16.0 Å². The van der Waals surface area contributed by atoms with E-state index in [2.05, 4.69) is 22.9 Å². The highest BCUT2D eigenvalue weighted by Gasteiger charge is 2.16. The summed E-state index contributed by atoms with van der Waals surface area (Å²) >= 11 is 0. The van der Waals surface area contributed by atoms with Crippen LogP contribution < -0.4 is 16.0 Å². The molecule has 0 spiro atoms. The Morgan fingerprint density at radius 1 is 0.964 bits per heavy atom. The number of amides is 3. The molecule has 1 atom stereocenters. The second kappa shape index (κ2) is 14.5. The molecule has 0 fully saturated rings. The van der Waals surface area contributed by atoms with E-state index in [1.807, 2.05) is 30.3 Å². The Hall–Kier alpha value is -2.57. The van der Waals surface area contributed by atoms with Gasteiger partial charge in [-0.3, -0.25) is 9.59 Å². The lowest BCUT2D eigenvalue weighted by atomic mass is 10.1. The molecule has 1 aromatic carbocycles. The van der Waals surface area contributed by atoms with Crippen LogP contribution in [0.15, 0.2) is 30.3 Å². The highest BCUT2D eigenvalue weighted by molar-refractivity contribution is 5.88. The van der Waals surface area contributed by atoms with Gasteiger partial charge in [0.15, 0.2) is 0 Å². The summed E-state index contributed by atoms with van der Waals surface area (Å²) in [5.41, 5.74) is 0.874. The molecule has 0 unspecified atom stereocenters. The molecule has 156 valence electrons. The topological polar surface area (TPSA) is 96.5 Å². The van der Waals surface area contributed by atoms with Gasteiger partial charge in [0.05, 0.1) is 0 Å². The molecule has 0 heterocycles. The van der Waals surface area contributed by atoms with Crippen molar-refractivity contribution in [2.45, 2.75) is 65.0 Å². The Morgan fingerprint density at radius 3 is 2.36 bits per heavy atom. The summed E-state index contributed by atoms with van der Waals surface area (Å²) < 4.78 is 5.09. The SMILES string of the molecule is CCCCCCCCNC(=O)N[C@@H](C)C(=O)NCC(=O)OCc1ccccc1. The van der Waals surface area contributed by atoms with Crippen molar-refractivity contribution >= 4 is 17.9 Å². The number of carbonyl (C=O) groups excluding carboxylic acids is 3. The van der Waals surface area contributed by atoms with E-state index < -0.39 is 17.9 Å². The molecule has 0 bridgehead atoms. The predicted molar refractivity (Wildman–Crippen MR) is 109 cm³/mol. The second-order valence-electron chi connectivity index (χ2n) is 6.75. The zero-order valence-electron chi connectivity index (χ0n) is 17.0. The van der Waals surface area contributed by atoms with Gasteiger partial charge in [0.2, 0.25) is 5.91 Å². The van der Waals surface area contributed by atoms with E-state index in [0.29, 0.717) is 6.54 Å². The van der Waals surface area contributed by atoms with Crippen molar-refractivity contribution in [2.24, 2.45) is 0 Å². The first-order chi connectivity index (χ1) is 13.5. The maximum Gasteiger partial charge on any atom is 0.325 e. The summed E-state index contributed by atoms with van der Waals surface area (Å²) in [7, 11) is 0. The fourth-order valence-corrected chi connectivity index (χ4v) is 2.52. The Labute approximate surface area is 167 Å². The van der Waals surface area contributed by atoms with E-state index >= 15 is 0 Å². The van der Waals surface area contributed by atoms with Gasteiger partial charge in [0, 0.05) is 6.54 Å². The Kier molecular flexibility index (Phi) is 12.1. The van der Waals surface area contributed by atoms with Crippen LogP contribution in [0.4, 0.5) is 4.79 Å². The smallest absolute Gasteiger partial charge is 0.325 e. The van der Waals surface area contributed by atoms with Gasteiger partial charge in [0.25, 0.3) is 0 Å². The molecule has 7 heteroatoms. The molecule has 0 aliphatic heterocycles. The van der Waals surface area contributed by atoms with Crippen LogP contribution in [-0.4, -0.2) is 37.0 Å². The van der Waals surface area contributed by atoms with Crippen LogP contribution >= 0.6 is 0 Å². The van der Waals surface area contributed by atoms with Crippen LogP contribution in [0.1, 0.15) is 57.9 Å². The molecule has 7 nitrogen and oxygen atoms in total. The quantitative estimate of drug-likeness (QED) is 0.356. The molecule has 0 aliphatic rings. The van der Waals surface area contributed by atoms with Gasteiger partial charge in [-0.15, -0.1) is 0 Å². The molecule has 0 aliphatic carbocycles. The number of carbonyl (C=O) groups is 3. The van der Waals surface area contributed by atoms with Gasteiger partial charge in [0.1, 0.15) is 19.2 Å². The normalized spacial score (nSPS) is 11.4. The van der Waals surface area contributed by atoms with E-state index in [9.17, 15) is 14.4 Å². The molecule has 0 aromatic heterocycles. The lowest BCUT2D eigenvalue weighted by Gasteiger charge is -2.14. The van der Waals surface area contributed by atoms with Crippen molar-refractivity contribution in [2.75, 3.05) is 13.1 Å². The van der Waals surface area contributed by atoms with Gasteiger partial charge >= 0.3 is 12.0 Å². The van der Waals surface area contributed by atoms with Gasteiger partial charge in [-0.25, -0.2) is 4.79 Å². The Morgan fingerprint density at radius 2 is 1.64 bits per heavy atom. The summed E-state index contributed by atoms with van der Waals surface area (Å²) in [6.45, 7) is 4.24. The maximum absolute atomic E-state index is 12.0. The van der Waals surface area contributed by atoms with Crippen molar-refractivity contribution in [3.05, 3.63) is 35.9 Å². The second-order valence-corrected chi connectivity index (χ2v) is 6.75. The van der Waals surface area contributed by atoms with E-state index in [-0.39, 0.29) is 19.2 Å². The number of unbranched alkanes of at least 4 members (excludes halogenated alkanes) is 5. The molecule has 1 rings (SSSR count). The highest BCUT2D eigenvalue weighted by Crippen LogP contribution is 2.04. The minimum absolute atomic E-state index is 0.157. The summed E-state index contributed by atoms with van der Waals surface area (Å²) in [5.74, 6) is -0.969. The molecular weight excluding hydrogens is 358 g/mol. The molecular formula is C21H33N3O4. The first kappa shape index (κ1) is 23.5. The van der Waals surface area contributed by atoms with E-state index in [1.54, 1.807) is 6.92 Å². The number of rotatable bonds is 13. The van der Waals surface area contributed by atoms with Crippen molar-refractivity contribution in [3.8, 4) is 0 Å². The number of nitrogens with one attached hydrogen (secondary N) is 3. The minimum atomic E-state index is -0.744. The van der Waals surface area contributed by atoms with Crippen LogP contribution in [0, 0.1) is 0 Å². The van der Waals surface area contributed by atoms with Crippen molar-refractivity contribution < 1.29 is 19.1 Å². The number of benzene rings is 1. The average molecular weight is 392 g/mol. The summed E-state index contributed by atoms with van der Waals surface area (Å²) in [5, 5.41) is 7.76. The standard InChI is InChI=1S/C21H33N3O4/c1-3-4-5-6-7-11-14-22-21(27)24-17(2)20(26)23-15-19(25)28-16-18-12-9-8-10-13-18/h8-10,12-13,17H,3-7,11,14-16H2,1-2H3,(H,23,26)(H2,22,24,27)/t17-/m0/s1. The third-order valence-electron chi connectivity index (χ3n) is 4.21. The van der Waals surface area contributed by atoms with Crippen molar-refractivity contribution in [1.29, 1.82) is 0 Å². The molecule has 0 radical (unpaired) electrons. The zero-order valence-corrected chi connectivity index (χ0v) is 17.0. The first-order valence-electron chi connectivity index (χ1n) is 10.0. The summed E-state index contributed by atoms with van der Waals surface area (Å²) in [6.07, 6.45) is 6.88. The molecule has 0 saturated carbocycles. The monoisotopic (exact) mass is 391 g/mol. The van der Waals surface area contributed by atoms with Gasteiger partial charge in [-0.05, 0) is 18.9 Å². The van der Waals surface area contributed by atoms with Crippen LogP contribution in [-0.2, 0) is 20.9 Å². The lowest BCUT2D eigenvalue weighted by Crippen LogP contribution is -2.49. The number of hydrogen-bond acceptors (Lipinski definition) is 4. The number of ether oxygens (including phenoxy) is 1. The predicted octanol–water partition coefficient (Wildman–Crippen LogP) is 2.89. The third-order valence-corrected chi connectivity index (χ3v) is 4.21. The molecule has 1 aromatic rings. The lowest BCUT2D eigenvalue weighted by molar-refractivity contribution is -0.145. The van der Waals surface area contributed by atoms with Crippen LogP contribution in [0.3, 0.4) is 0 Å². The Bertz CT molecular complexity index is 593. The van der Waals surface area contributed by atoms with Gasteiger partial charge in [-0.2, -0.15) is 0 Å². The maximum atomic E-state index is 12.0. The Balaban J connectivity index is 2.11. The first-order valence-corrected chi connectivity index (χ1v) is 10.0. The minimum Gasteiger partial charge on any atom is -0.460 e. The van der Waals surface area contributed by atoms with E-state index in [1.165, 1.54) is 25.7 Å². The van der Waals surface area contributed by atoms with Gasteiger partial charge in [-0.1, -0.05) is 69.4 Å². The molecule has 3 N–H and O–H groups in total. The summed E-state index contributed by atoms with van der Waals surface area (Å²) in [4.78, 5) is 35.5. The molecule has 0 saturated heterocycles. The van der Waals surface area contributed by atoms with Crippen LogP contribution in [0.5, 0.6) is 0 Å². The zero-order chi connectivity index (χ0) is 20.6. The number of urea groups is 1. The number of esters is 1.